The lowest BCUT2D eigenvalue weighted by Gasteiger charge is -2.28. The number of halogens is 1. The third kappa shape index (κ3) is 4.26. The first-order valence-electron chi connectivity index (χ1n) is 12.0. The molecule has 0 aliphatic carbocycles. The first kappa shape index (κ1) is 25.3. The van der Waals surface area contributed by atoms with Crippen LogP contribution >= 0.6 is 12.2 Å². The Morgan fingerprint density at radius 3 is 2.55 bits per heavy atom. The number of nitro benzene ring substituents is 1. The summed E-state index contributed by atoms with van der Waals surface area (Å²) in [7, 11) is 1.49. The van der Waals surface area contributed by atoms with E-state index in [0.29, 0.717) is 22.1 Å². The number of aryl methyl sites for hydroxylation is 2. The minimum Gasteiger partial charge on any atom is -0.494 e. The number of rotatable bonds is 6. The summed E-state index contributed by atoms with van der Waals surface area (Å²) in [6.07, 6.45) is 1.74. The Kier molecular flexibility index (Phi) is 6.58. The maximum Gasteiger partial charge on any atom is 0.273 e. The van der Waals surface area contributed by atoms with Gasteiger partial charge < -0.3 is 19.5 Å². The molecular formula is C28H26FN5O3S. The van der Waals surface area contributed by atoms with Gasteiger partial charge in [0.15, 0.2) is 5.11 Å². The average molecular weight is 532 g/mol. The van der Waals surface area contributed by atoms with Crippen molar-refractivity contribution in [2.45, 2.75) is 32.9 Å². The zero-order valence-corrected chi connectivity index (χ0v) is 22.1. The van der Waals surface area contributed by atoms with E-state index in [1.54, 1.807) is 31.3 Å². The van der Waals surface area contributed by atoms with Gasteiger partial charge in [-0.05, 0) is 86.6 Å². The largest absolute Gasteiger partial charge is 0.494 e. The number of ether oxygens (including phenoxy) is 1. The first-order chi connectivity index (χ1) is 18.2. The van der Waals surface area contributed by atoms with Crippen LogP contribution in [0.1, 0.15) is 40.3 Å². The van der Waals surface area contributed by atoms with E-state index in [2.05, 4.69) is 16.4 Å². The number of pyridine rings is 1. The number of methoxy groups -OCH3 is 1. The lowest BCUT2D eigenvalue weighted by molar-refractivity contribution is -0.384. The molecule has 0 spiro atoms. The lowest BCUT2D eigenvalue weighted by Crippen LogP contribution is -2.29. The quantitative estimate of drug-likeness (QED) is 0.185. The van der Waals surface area contributed by atoms with Crippen LogP contribution in [-0.2, 0) is 0 Å². The van der Waals surface area contributed by atoms with Crippen molar-refractivity contribution in [3.63, 3.8) is 0 Å². The highest BCUT2D eigenvalue weighted by atomic mass is 32.1. The molecule has 0 bridgehead atoms. The van der Waals surface area contributed by atoms with Crippen LogP contribution in [0.25, 0.3) is 5.69 Å². The maximum absolute atomic E-state index is 14.2. The van der Waals surface area contributed by atoms with E-state index in [0.717, 1.165) is 28.3 Å². The molecule has 2 aromatic heterocycles. The number of nitrogens with zero attached hydrogens (tertiary/aromatic N) is 4. The van der Waals surface area contributed by atoms with E-state index in [1.807, 2.05) is 41.5 Å². The molecular weight excluding hydrogens is 505 g/mol. The van der Waals surface area contributed by atoms with Gasteiger partial charge in [-0.25, -0.2) is 4.39 Å². The number of anilines is 1. The van der Waals surface area contributed by atoms with Crippen LogP contribution in [0.15, 0.2) is 66.9 Å². The fraction of sp³-hybridized carbons (Fsp3) is 0.214. The Labute approximate surface area is 224 Å². The van der Waals surface area contributed by atoms with E-state index >= 15 is 0 Å². The molecule has 10 heteroatoms. The van der Waals surface area contributed by atoms with Gasteiger partial charge in [0.1, 0.15) is 11.6 Å². The molecule has 0 amide bonds. The highest BCUT2D eigenvalue weighted by molar-refractivity contribution is 7.80. The highest BCUT2D eigenvalue weighted by Crippen LogP contribution is 2.44. The van der Waals surface area contributed by atoms with Crippen molar-refractivity contribution in [3.05, 3.63) is 111 Å². The molecule has 8 nitrogen and oxygen atoms in total. The summed E-state index contributed by atoms with van der Waals surface area (Å²) in [5.41, 5.74) is 5.55. The molecule has 2 aromatic carbocycles. The Morgan fingerprint density at radius 1 is 1.11 bits per heavy atom. The summed E-state index contributed by atoms with van der Waals surface area (Å²) in [5.74, 6) is 0.105. The molecule has 5 rings (SSSR count). The predicted molar refractivity (Wildman–Crippen MR) is 148 cm³/mol. The molecule has 194 valence electrons. The van der Waals surface area contributed by atoms with Gasteiger partial charge in [0.2, 0.25) is 0 Å². The molecule has 1 saturated heterocycles. The van der Waals surface area contributed by atoms with Crippen LogP contribution in [0.2, 0.25) is 0 Å². The Morgan fingerprint density at radius 2 is 1.89 bits per heavy atom. The van der Waals surface area contributed by atoms with Crippen molar-refractivity contribution in [2.75, 3.05) is 12.0 Å². The summed E-state index contributed by atoms with van der Waals surface area (Å²) in [5, 5.41) is 15.3. The summed E-state index contributed by atoms with van der Waals surface area (Å²) in [4.78, 5) is 17.5. The second-order valence-electron chi connectivity index (χ2n) is 9.21. The molecule has 0 radical (unpaired) electrons. The lowest BCUT2D eigenvalue weighted by atomic mass is 9.96. The van der Waals surface area contributed by atoms with Gasteiger partial charge >= 0.3 is 0 Å². The number of nitro groups is 1. The maximum atomic E-state index is 14.2. The second kappa shape index (κ2) is 9.86. The topological polar surface area (TPSA) is 85.5 Å². The standard InChI is InChI=1S/C28H26FN5O3S/c1-16-13-19(8-10-22(16)29)33-27(26(31-28(33)38)23-7-5-6-12-30-23)21-14-17(2)32(18(21)3)24-11-9-20(34(35)36)15-25(24)37-4/h5-15,26-27H,1-4H3,(H,31,38)/t26-,27-/m1/s1. The Bertz CT molecular complexity index is 1560. The number of hydrogen-bond acceptors (Lipinski definition) is 5. The zero-order valence-electron chi connectivity index (χ0n) is 21.3. The summed E-state index contributed by atoms with van der Waals surface area (Å²) in [6, 6.07) is 16.8. The van der Waals surface area contributed by atoms with Crippen LogP contribution in [0.4, 0.5) is 15.8 Å². The Hall–Kier alpha value is -4.31. The summed E-state index contributed by atoms with van der Waals surface area (Å²) < 4.78 is 21.7. The SMILES string of the molecule is COc1cc([N+](=O)[O-])ccc1-n1c(C)cc([C@@H]2[C@@H](c3ccccn3)NC(=S)N2c2ccc(F)c(C)c2)c1C. The Balaban J connectivity index is 1.69. The average Bonchev–Trinajstić information content (AvgIpc) is 3.40. The number of non-ortho nitro benzene ring substituents is 1. The van der Waals surface area contributed by atoms with Gasteiger partial charge in [0, 0.05) is 29.3 Å². The van der Waals surface area contributed by atoms with Crippen LogP contribution in [0.5, 0.6) is 5.75 Å². The normalized spacial score (nSPS) is 17.0. The molecule has 2 atom stereocenters. The van der Waals surface area contributed by atoms with Gasteiger partial charge in [0.05, 0.1) is 41.6 Å². The van der Waals surface area contributed by atoms with Crippen LogP contribution in [0, 0.1) is 36.7 Å². The highest BCUT2D eigenvalue weighted by Gasteiger charge is 2.42. The molecule has 1 aliphatic heterocycles. The number of aromatic nitrogens is 2. The minimum atomic E-state index is -0.446. The third-order valence-corrected chi connectivity index (χ3v) is 7.24. The van der Waals surface area contributed by atoms with Crippen molar-refractivity contribution in [2.24, 2.45) is 0 Å². The van der Waals surface area contributed by atoms with Crippen LogP contribution in [-0.4, -0.2) is 26.7 Å². The minimum absolute atomic E-state index is 0.0494. The van der Waals surface area contributed by atoms with E-state index in [9.17, 15) is 14.5 Å². The van der Waals surface area contributed by atoms with Gasteiger partial charge in [-0.15, -0.1) is 0 Å². The molecule has 4 aromatic rings. The number of benzene rings is 2. The second-order valence-corrected chi connectivity index (χ2v) is 9.59. The van der Waals surface area contributed by atoms with Gasteiger partial charge in [-0.2, -0.15) is 0 Å². The molecule has 1 N–H and O–H groups in total. The van der Waals surface area contributed by atoms with Gasteiger partial charge in [-0.3, -0.25) is 15.1 Å². The fourth-order valence-electron chi connectivity index (χ4n) is 5.15. The van der Waals surface area contributed by atoms with E-state index in [4.69, 9.17) is 17.0 Å². The van der Waals surface area contributed by atoms with Crippen molar-refractivity contribution in [1.82, 2.24) is 14.9 Å². The van der Waals surface area contributed by atoms with Gasteiger partial charge in [0.25, 0.3) is 5.69 Å². The van der Waals surface area contributed by atoms with Gasteiger partial charge in [-0.1, -0.05) is 6.07 Å². The van der Waals surface area contributed by atoms with E-state index in [1.165, 1.54) is 25.3 Å². The fourth-order valence-corrected chi connectivity index (χ4v) is 5.50. The monoisotopic (exact) mass is 531 g/mol. The number of hydrogen-bond donors (Lipinski definition) is 1. The number of thiocarbonyl (C=S) groups is 1. The van der Waals surface area contributed by atoms with E-state index < -0.39 is 4.92 Å². The van der Waals surface area contributed by atoms with E-state index in [-0.39, 0.29) is 23.6 Å². The molecule has 3 heterocycles. The molecule has 1 fully saturated rings. The third-order valence-electron chi connectivity index (χ3n) is 6.92. The first-order valence-corrected chi connectivity index (χ1v) is 12.4. The molecule has 0 saturated carbocycles. The number of nitrogens with one attached hydrogen (secondary N) is 1. The van der Waals surface area contributed by atoms with Crippen molar-refractivity contribution in [1.29, 1.82) is 0 Å². The van der Waals surface area contributed by atoms with Crippen molar-refractivity contribution in [3.8, 4) is 11.4 Å². The molecule has 1 aliphatic rings. The summed E-state index contributed by atoms with van der Waals surface area (Å²) >= 11 is 5.81. The summed E-state index contributed by atoms with van der Waals surface area (Å²) in [6.45, 7) is 5.69. The predicted octanol–water partition coefficient (Wildman–Crippen LogP) is 6.03. The smallest absolute Gasteiger partial charge is 0.273 e. The van der Waals surface area contributed by atoms with Crippen molar-refractivity contribution >= 4 is 28.7 Å². The van der Waals surface area contributed by atoms with Crippen LogP contribution in [0.3, 0.4) is 0 Å². The molecule has 0 unspecified atom stereocenters. The van der Waals surface area contributed by atoms with Crippen molar-refractivity contribution < 1.29 is 14.1 Å². The zero-order chi connectivity index (χ0) is 27.1. The molecule has 38 heavy (non-hydrogen) atoms. The van der Waals surface area contributed by atoms with Crippen LogP contribution < -0.4 is 15.0 Å².